The summed E-state index contributed by atoms with van der Waals surface area (Å²) in [5, 5.41) is 1.24. The minimum atomic E-state index is 0.146. The Hall–Kier alpha value is -2.55. The lowest BCUT2D eigenvalue weighted by Crippen LogP contribution is -2.28. The van der Waals surface area contributed by atoms with Crippen LogP contribution in [-0.2, 0) is 13.0 Å². The van der Waals surface area contributed by atoms with Gasteiger partial charge >= 0.3 is 0 Å². The molecule has 3 heteroatoms. The largest absolute Gasteiger partial charge is 0.340 e. The number of carbonyl (C=O) groups excluding carboxylic acids is 1. The highest BCUT2D eigenvalue weighted by atomic mass is 16.2. The lowest BCUT2D eigenvalue weighted by Gasteiger charge is -2.17. The molecule has 1 aliphatic rings. The first kappa shape index (κ1) is 15.0. The van der Waals surface area contributed by atoms with E-state index in [1.807, 2.05) is 18.0 Å². The van der Waals surface area contributed by atoms with Crippen molar-refractivity contribution in [3.8, 4) is 0 Å². The number of hydrogen-bond donors (Lipinski definition) is 0. The summed E-state index contributed by atoms with van der Waals surface area (Å²) < 4.78 is 2.21. The standard InChI is InChI=1S/C21H22N2O/c1-15-10-11-19-18(13-15)17-9-6-12-22(2)21(24)20(17)23(19)14-16-7-4-3-5-8-16/h3-5,7-8,10-11,13H,6,9,12,14H2,1-2H3. The van der Waals surface area contributed by atoms with Crippen molar-refractivity contribution in [2.75, 3.05) is 13.6 Å². The third kappa shape index (κ3) is 2.41. The predicted molar refractivity (Wildman–Crippen MR) is 97.5 cm³/mol. The van der Waals surface area contributed by atoms with Gasteiger partial charge in [-0.3, -0.25) is 4.79 Å². The first-order chi connectivity index (χ1) is 11.6. The van der Waals surface area contributed by atoms with Gasteiger partial charge in [-0.1, -0.05) is 42.0 Å². The van der Waals surface area contributed by atoms with Gasteiger partial charge in [0.2, 0.25) is 0 Å². The van der Waals surface area contributed by atoms with Crippen molar-refractivity contribution >= 4 is 16.8 Å². The summed E-state index contributed by atoms with van der Waals surface area (Å²) in [6, 6.07) is 16.9. The number of aromatic nitrogens is 1. The maximum Gasteiger partial charge on any atom is 0.270 e. The molecule has 1 aromatic heterocycles. The second-order valence-electron chi connectivity index (χ2n) is 6.75. The number of hydrogen-bond acceptors (Lipinski definition) is 1. The fourth-order valence-corrected chi connectivity index (χ4v) is 3.74. The molecule has 1 amide bonds. The summed E-state index contributed by atoms with van der Waals surface area (Å²) in [5.74, 6) is 0.146. The van der Waals surface area contributed by atoms with Crippen LogP contribution in [0.25, 0.3) is 10.9 Å². The van der Waals surface area contributed by atoms with Gasteiger partial charge in [0.25, 0.3) is 5.91 Å². The molecule has 3 nitrogen and oxygen atoms in total. The fraction of sp³-hybridized carbons (Fsp3) is 0.286. The predicted octanol–water partition coefficient (Wildman–Crippen LogP) is 4.02. The number of amides is 1. The number of aryl methyl sites for hydroxylation is 2. The van der Waals surface area contributed by atoms with Crippen LogP contribution in [0, 0.1) is 6.92 Å². The number of nitrogens with zero attached hydrogens (tertiary/aromatic N) is 2. The van der Waals surface area contributed by atoms with Gasteiger partial charge in [0.1, 0.15) is 5.69 Å². The Morgan fingerprint density at radius 3 is 2.67 bits per heavy atom. The van der Waals surface area contributed by atoms with E-state index in [1.54, 1.807) is 0 Å². The Labute approximate surface area is 142 Å². The Morgan fingerprint density at radius 2 is 1.88 bits per heavy atom. The second-order valence-corrected chi connectivity index (χ2v) is 6.75. The summed E-state index contributed by atoms with van der Waals surface area (Å²) >= 11 is 0. The van der Waals surface area contributed by atoms with Gasteiger partial charge in [-0.15, -0.1) is 0 Å². The number of benzene rings is 2. The van der Waals surface area contributed by atoms with Gasteiger partial charge in [0, 0.05) is 31.0 Å². The van der Waals surface area contributed by atoms with E-state index in [1.165, 1.54) is 22.1 Å². The van der Waals surface area contributed by atoms with E-state index >= 15 is 0 Å². The number of rotatable bonds is 2. The van der Waals surface area contributed by atoms with E-state index < -0.39 is 0 Å². The zero-order valence-electron chi connectivity index (χ0n) is 14.2. The molecule has 0 radical (unpaired) electrons. The van der Waals surface area contributed by atoms with Crippen LogP contribution in [0.1, 0.15) is 33.6 Å². The number of fused-ring (bicyclic) bond motifs is 3. The van der Waals surface area contributed by atoms with Crippen LogP contribution in [-0.4, -0.2) is 29.0 Å². The molecule has 2 heterocycles. The maximum atomic E-state index is 13.0. The van der Waals surface area contributed by atoms with Gasteiger partial charge in [0.15, 0.2) is 0 Å². The molecule has 122 valence electrons. The lowest BCUT2D eigenvalue weighted by atomic mass is 10.0. The van der Waals surface area contributed by atoms with Crippen molar-refractivity contribution in [3.63, 3.8) is 0 Å². The minimum Gasteiger partial charge on any atom is -0.340 e. The Morgan fingerprint density at radius 1 is 1.08 bits per heavy atom. The molecule has 1 aliphatic heterocycles. The zero-order valence-corrected chi connectivity index (χ0v) is 14.2. The van der Waals surface area contributed by atoms with E-state index in [9.17, 15) is 4.79 Å². The highest BCUT2D eigenvalue weighted by molar-refractivity contribution is 6.02. The first-order valence-electron chi connectivity index (χ1n) is 8.56. The summed E-state index contributed by atoms with van der Waals surface area (Å²) in [5.41, 5.74) is 5.72. The molecule has 2 aromatic carbocycles. The molecular formula is C21H22N2O. The quantitative estimate of drug-likeness (QED) is 0.700. The summed E-state index contributed by atoms with van der Waals surface area (Å²) in [6.45, 7) is 3.67. The van der Waals surface area contributed by atoms with E-state index in [2.05, 4.69) is 54.0 Å². The van der Waals surface area contributed by atoms with Crippen LogP contribution in [0.15, 0.2) is 48.5 Å². The SMILES string of the molecule is Cc1ccc2c(c1)c1c(n2Cc2ccccc2)C(=O)N(C)CCC1. The fourth-order valence-electron chi connectivity index (χ4n) is 3.74. The van der Waals surface area contributed by atoms with Crippen LogP contribution in [0.4, 0.5) is 0 Å². The summed E-state index contributed by atoms with van der Waals surface area (Å²) in [7, 11) is 1.91. The molecule has 3 aromatic rings. The first-order valence-corrected chi connectivity index (χ1v) is 8.56. The Kier molecular flexibility index (Phi) is 3.64. The van der Waals surface area contributed by atoms with E-state index in [0.29, 0.717) is 0 Å². The lowest BCUT2D eigenvalue weighted by molar-refractivity contribution is 0.0790. The van der Waals surface area contributed by atoms with E-state index in [4.69, 9.17) is 0 Å². The van der Waals surface area contributed by atoms with Gasteiger partial charge in [0.05, 0.1) is 0 Å². The molecule has 0 N–H and O–H groups in total. The van der Waals surface area contributed by atoms with Gasteiger partial charge in [-0.25, -0.2) is 0 Å². The molecule has 0 aliphatic carbocycles. The maximum absolute atomic E-state index is 13.0. The molecule has 0 saturated heterocycles. The minimum absolute atomic E-state index is 0.146. The van der Waals surface area contributed by atoms with Crippen LogP contribution < -0.4 is 0 Å². The van der Waals surface area contributed by atoms with Gasteiger partial charge < -0.3 is 9.47 Å². The molecule has 0 saturated carbocycles. The zero-order chi connectivity index (χ0) is 16.7. The Balaban J connectivity index is 1.97. The van der Waals surface area contributed by atoms with Crippen molar-refractivity contribution < 1.29 is 4.79 Å². The summed E-state index contributed by atoms with van der Waals surface area (Å²) in [6.07, 6.45) is 1.99. The molecule has 0 fully saturated rings. The molecule has 0 atom stereocenters. The Bertz CT molecular complexity index is 908. The highest BCUT2D eigenvalue weighted by Gasteiger charge is 2.27. The molecule has 0 spiro atoms. The van der Waals surface area contributed by atoms with E-state index in [0.717, 1.165) is 37.1 Å². The molecule has 0 unspecified atom stereocenters. The van der Waals surface area contributed by atoms with Crippen molar-refractivity contribution in [2.24, 2.45) is 0 Å². The average Bonchev–Trinajstić information content (AvgIpc) is 2.79. The third-order valence-corrected chi connectivity index (χ3v) is 4.98. The molecule has 4 rings (SSSR count). The topological polar surface area (TPSA) is 25.2 Å². The smallest absolute Gasteiger partial charge is 0.270 e. The summed E-state index contributed by atoms with van der Waals surface area (Å²) in [4.78, 5) is 14.9. The average molecular weight is 318 g/mol. The van der Waals surface area contributed by atoms with Crippen LogP contribution in [0.2, 0.25) is 0 Å². The second kappa shape index (κ2) is 5.82. The van der Waals surface area contributed by atoms with Crippen molar-refractivity contribution in [2.45, 2.75) is 26.3 Å². The third-order valence-electron chi connectivity index (χ3n) is 4.98. The normalized spacial score (nSPS) is 14.8. The molecule has 0 bridgehead atoms. The van der Waals surface area contributed by atoms with Crippen LogP contribution >= 0.6 is 0 Å². The van der Waals surface area contributed by atoms with Gasteiger partial charge in [-0.05, 0) is 43.0 Å². The monoisotopic (exact) mass is 318 g/mol. The van der Waals surface area contributed by atoms with Crippen molar-refractivity contribution in [1.82, 2.24) is 9.47 Å². The highest BCUT2D eigenvalue weighted by Crippen LogP contribution is 2.31. The molecule has 24 heavy (non-hydrogen) atoms. The van der Waals surface area contributed by atoms with Crippen LogP contribution in [0.3, 0.4) is 0 Å². The van der Waals surface area contributed by atoms with Crippen LogP contribution in [0.5, 0.6) is 0 Å². The van der Waals surface area contributed by atoms with E-state index in [-0.39, 0.29) is 5.91 Å². The van der Waals surface area contributed by atoms with Gasteiger partial charge in [-0.2, -0.15) is 0 Å². The number of carbonyl (C=O) groups is 1. The van der Waals surface area contributed by atoms with Crippen molar-refractivity contribution in [3.05, 3.63) is 70.9 Å². The van der Waals surface area contributed by atoms with Crippen molar-refractivity contribution in [1.29, 1.82) is 0 Å². The molecular weight excluding hydrogens is 296 g/mol.